The van der Waals surface area contributed by atoms with E-state index in [1.807, 2.05) is 6.20 Å². The maximum Gasteiger partial charge on any atom is 0.150 e. The first-order valence-electron chi connectivity index (χ1n) is 12.0. The second-order valence-electron chi connectivity index (χ2n) is 9.58. The Bertz CT molecular complexity index is 1450. The fourth-order valence-corrected chi connectivity index (χ4v) is 5.47. The van der Waals surface area contributed by atoms with Crippen molar-refractivity contribution in [2.75, 3.05) is 5.73 Å². The molecule has 2 aliphatic rings. The van der Waals surface area contributed by atoms with Gasteiger partial charge in [-0.15, -0.1) is 0 Å². The summed E-state index contributed by atoms with van der Waals surface area (Å²) >= 11 is 0. The number of benzene rings is 2. The van der Waals surface area contributed by atoms with Crippen LogP contribution in [-0.2, 0) is 0 Å². The summed E-state index contributed by atoms with van der Waals surface area (Å²) < 4.78 is 2.16. The highest BCUT2D eigenvalue weighted by Gasteiger charge is 2.33. The Kier molecular flexibility index (Phi) is 4.79. The summed E-state index contributed by atoms with van der Waals surface area (Å²) in [5.74, 6) is 3.26. The van der Waals surface area contributed by atoms with E-state index in [0.717, 1.165) is 33.9 Å². The number of aromatic nitrogens is 3. The summed E-state index contributed by atoms with van der Waals surface area (Å²) in [5, 5.41) is 2.19. The topological polar surface area (TPSA) is 68.6 Å². The van der Waals surface area contributed by atoms with Crippen molar-refractivity contribution in [2.45, 2.75) is 45.1 Å². The molecule has 33 heavy (non-hydrogen) atoms. The Balaban J connectivity index is 1.48. The van der Waals surface area contributed by atoms with Gasteiger partial charge >= 0.3 is 0 Å². The Morgan fingerprint density at radius 2 is 1.91 bits per heavy atom. The number of rotatable bonds is 4. The second-order valence-corrected chi connectivity index (χ2v) is 9.58. The van der Waals surface area contributed by atoms with Crippen molar-refractivity contribution in [3.05, 3.63) is 82.9 Å². The van der Waals surface area contributed by atoms with Crippen LogP contribution >= 0.6 is 0 Å². The predicted molar refractivity (Wildman–Crippen MR) is 132 cm³/mol. The van der Waals surface area contributed by atoms with Crippen LogP contribution in [0.2, 0.25) is 0 Å². The van der Waals surface area contributed by atoms with Gasteiger partial charge in [0.05, 0.1) is 11.4 Å². The third-order valence-electron chi connectivity index (χ3n) is 7.45. The van der Waals surface area contributed by atoms with E-state index in [-0.39, 0.29) is 6.04 Å². The Morgan fingerprint density at radius 1 is 1.09 bits per heavy atom. The monoisotopic (exact) mass is 435 g/mol. The third kappa shape index (κ3) is 3.34. The molecule has 0 spiro atoms. The molecule has 1 aliphatic heterocycles. The first-order valence-corrected chi connectivity index (χ1v) is 12.0. The molecule has 0 radical (unpaired) electrons. The standard InChI is InChI=1S/C28H29N5/c1-3-18-14-22(15-18)28-32-25(26-27(29)30-11-12-33(26)28)21-10-9-20-13-17(2)24(31-23(20)16-21)19-7-5-4-6-8-19/h4-13,16-18,22,24H,3,14-15H2,1-2H3,(H2,29,30)/t17?,18-,22+,24?. The number of imidazole rings is 1. The molecule has 5 nitrogen and oxygen atoms in total. The fraction of sp³-hybridized carbons (Fsp3) is 0.321. The van der Waals surface area contributed by atoms with Crippen LogP contribution in [0.3, 0.4) is 0 Å². The van der Waals surface area contributed by atoms with Gasteiger partial charge in [0.15, 0.2) is 0 Å². The highest BCUT2D eigenvalue weighted by molar-refractivity contribution is 5.85. The molecule has 166 valence electrons. The summed E-state index contributed by atoms with van der Waals surface area (Å²) in [6.07, 6.45) is 9.73. The molecule has 0 saturated heterocycles. The molecular formula is C28H29N5. The van der Waals surface area contributed by atoms with Crippen LogP contribution in [-0.4, -0.2) is 14.4 Å². The normalized spacial score (nSPS) is 23.9. The van der Waals surface area contributed by atoms with E-state index >= 15 is 0 Å². The summed E-state index contributed by atoms with van der Waals surface area (Å²) in [7, 11) is 0. The molecule has 0 bridgehead atoms. The van der Waals surface area contributed by atoms with Crippen LogP contribution in [0.25, 0.3) is 22.9 Å². The SMILES string of the molecule is CC[C@H]1C[C@@H](c2nc(-c3ccc4c(c3)=NC(c3ccccc3)C(C)C=4)c3c(N)nccn32)C1. The minimum atomic E-state index is 0.121. The van der Waals surface area contributed by atoms with Crippen molar-refractivity contribution in [2.24, 2.45) is 16.8 Å². The molecule has 3 heterocycles. The molecule has 1 saturated carbocycles. The largest absolute Gasteiger partial charge is 0.382 e. The lowest BCUT2D eigenvalue weighted by atomic mass is 9.73. The summed E-state index contributed by atoms with van der Waals surface area (Å²) in [6.45, 7) is 4.51. The van der Waals surface area contributed by atoms with Gasteiger partial charge < -0.3 is 5.73 Å². The van der Waals surface area contributed by atoms with Crippen LogP contribution in [0.1, 0.15) is 56.5 Å². The predicted octanol–water partition coefficient (Wildman–Crippen LogP) is 4.67. The number of fused-ring (bicyclic) bond motifs is 2. The Hall–Kier alpha value is -3.47. The van der Waals surface area contributed by atoms with Crippen LogP contribution in [0, 0.1) is 11.8 Å². The molecule has 2 aromatic heterocycles. The number of nitrogen functional groups attached to an aromatic ring is 1. The Labute approximate surface area is 193 Å². The lowest BCUT2D eigenvalue weighted by molar-refractivity contribution is 0.247. The van der Waals surface area contributed by atoms with Gasteiger partial charge in [-0.25, -0.2) is 9.97 Å². The van der Waals surface area contributed by atoms with Crippen molar-refractivity contribution in [3.63, 3.8) is 0 Å². The van der Waals surface area contributed by atoms with Crippen molar-refractivity contribution in [1.29, 1.82) is 0 Å². The van der Waals surface area contributed by atoms with Crippen molar-refractivity contribution >= 4 is 17.4 Å². The van der Waals surface area contributed by atoms with Crippen molar-refractivity contribution in [1.82, 2.24) is 14.4 Å². The minimum Gasteiger partial charge on any atom is -0.382 e. The van der Waals surface area contributed by atoms with Crippen LogP contribution in [0.4, 0.5) is 5.82 Å². The highest BCUT2D eigenvalue weighted by atomic mass is 15.1. The number of nitrogens with two attached hydrogens (primary N) is 1. The first kappa shape index (κ1) is 20.2. The zero-order valence-electron chi connectivity index (χ0n) is 19.1. The summed E-state index contributed by atoms with van der Waals surface area (Å²) in [4.78, 5) is 14.7. The van der Waals surface area contributed by atoms with Gasteiger partial charge in [-0.1, -0.05) is 68.8 Å². The zero-order valence-corrected chi connectivity index (χ0v) is 19.1. The second kappa shape index (κ2) is 7.84. The van der Waals surface area contributed by atoms with Gasteiger partial charge in [-0.2, -0.15) is 0 Å². The molecule has 2 unspecified atom stereocenters. The molecule has 5 heteroatoms. The number of hydrogen-bond donors (Lipinski definition) is 1. The average molecular weight is 436 g/mol. The van der Waals surface area contributed by atoms with Crippen molar-refractivity contribution in [3.8, 4) is 11.3 Å². The average Bonchev–Trinajstić information content (AvgIpc) is 3.19. The molecule has 1 fully saturated rings. The molecular weight excluding hydrogens is 406 g/mol. The van der Waals surface area contributed by atoms with E-state index in [9.17, 15) is 0 Å². The van der Waals surface area contributed by atoms with E-state index in [0.29, 0.717) is 17.7 Å². The molecule has 2 atom stereocenters. The van der Waals surface area contributed by atoms with Crippen LogP contribution < -0.4 is 16.3 Å². The molecule has 4 aromatic rings. The summed E-state index contributed by atoms with van der Waals surface area (Å²) in [5.41, 5.74) is 10.5. The summed E-state index contributed by atoms with van der Waals surface area (Å²) in [6, 6.07) is 17.2. The van der Waals surface area contributed by atoms with Gasteiger partial charge in [0.2, 0.25) is 0 Å². The maximum atomic E-state index is 6.37. The first-order chi connectivity index (χ1) is 16.1. The van der Waals surface area contributed by atoms with Crippen LogP contribution in [0.5, 0.6) is 0 Å². The molecule has 0 amide bonds. The van der Waals surface area contributed by atoms with E-state index < -0.39 is 0 Å². The van der Waals surface area contributed by atoms with Gasteiger partial charge in [-0.3, -0.25) is 9.39 Å². The smallest absolute Gasteiger partial charge is 0.150 e. The van der Waals surface area contributed by atoms with Crippen LogP contribution in [0.15, 0.2) is 65.9 Å². The third-order valence-corrected chi connectivity index (χ3v) is 7.45. The molecule has 2 N–H and O–H groups in total. The molecule has 2 aromatic carbocycles. The zero-order chi connectivity index (χ0) is 22.5. The quantitative estimate of drug-likeness (QED) is 0.506. The minimum absolute atomic E-state index is 0.121. The van der Waals surface area contributed by atoms with Gasteiger partial charge in [0, 0.05) is 29.8 Å². The number of nitrogens with zero attached hydrogens (tertiary/aromatic N) is 4. The number of anilines is 1. The van der Waals surface area contributed by atoms with Gasteiger partial charge in [0.1, 0.15) is 22.9 Å². The fourth-order valence-electron chi connectivity index (χ4n) is 5.47. The molecule has 6 rings (SSSR count). The molecule has 1 aliphatic carbocycles. The van der Waals surface area contributed by atoms with E-state index in [1.54, 1.807) is 6.20 Å². The van der Waals surface area contributed by atoms with E-state index in [1.165, 1.54) is 30.0 Å². The van der Waals surface area contributed by atoms with Crippen molar-refractivity contribution < 1.29 is 0 Å². The number of hydrogen-bond acceptors (Lipinski definition) is 4. The lowest BCUT2D eigenvalue weighted by Crippen LogP contribution is -2.32. The van der Waals surface area contributed by atoms with Gasteiger partial charge in [0.25, 0.3) is 0 Å². The van der Waals surface area contributed by atoms with E-state index in [2.05, 4.69) is 77.8 Å². The van der Waals surface area contributed by atoms with E-state index in [4.69, 9.17) is 15.7 Å². The van der Waals surface area contributed by atoms with Gasteiger partial charge in [-0.05, 0) is 35.6 Å². The Morgan fingerprint density at radius 3 is 2.70 bits per heavy atom. The highest BCUT2D eigenvalue weighted by Crippen LogP contribution is 2.44. The maximum absolute atomic E-state index is 6.37. The lowest BCUT2D eigenvalue weighted by Gasteiger charge is -2.33.